The predicted molar refractivity (Wildman–Crippen MR) is 94.8 cm³/mol. The maximum absolute atomic E-state index is 10.6. The average molecular weight is 369 g/mol. The number of aromatic hydroxyl groups is 1. The molecule has 3 aromatic rings. The maximum atomic E-state index is 10.6. The Morgan fingerprint density at radius 1 is 1.30 bits per heavy atom. The zero-order valence-electron chi connectivity index (χ0n) is 12.3. The molecule has 0 unspecified atom stereocenters. The number of rotatable bonds is 5. The molecule has 2 aromatic heterocycles. The normalized spacial score (nSPS) is 11.8. The van der Waals surface area contributed by atoms with Crippen LogP contribution < -0.4 is 0 Å². The van der Waals surface area contributed by atoms with Gasteiger partial charge in [-0.3, -0.25) is 0 Å². The van der Waals surface area contributed by atoms with Gasteiger partial charge >= 0.3 is 0 Å². The van der Waals surface area contributed by atoms with Crippen molar-refractivity contribution in [3.8, 4) is 5.88 Å². The Morgan fingerprint density at radius 2 is 2.13 bits per heavy atom. The Balaban J connectivity index is 2.18. The van der Waals surface area contributed by atoms with Crippen molar-refractivity contribution in [1.82, 2.24) is 9.55 Å². The van der Waals surface area contributed by atoms with Crippen LogP contribution in [0.4, 0.5) is 10.8 Å². The number of hydrogen-bond acceptors (Lipinski definition) is 5. The van der Waals surface area contributed by atoms with E-state index in [-0.39, 0.29) is 5.88 Å². The number of azo groups is 1. The summed E-state index contributed by atoms with van der Waals surface area (Å²) >= 11 is 13.8. The lowest BCUT2D eigenvalue weighted by molar-refractivity contribution is 0.418. The van der Waals surface area contributed by atoms with Crippen molar-refractivity contribution >= 4 is 56.3 Å². The van der Waals surface area contributed by atoms with Gasteiger partial charge < -0.3 is 9.67 Å². The number of hydrogen-bond donors (Lipinski definition) is 1. The molecule has 1 aromatic carbocycles. The molecule has 2 heterocycles. The molecule has 0 bridgehead atoms. The van der Waals surface area contributed by atoms with Gasteiger partial charge in [0.15, 0.2) is 5.69 Å². The topological polar surface area (TPSA) is 62.8 Å². The van der Waals surface area contributed by atoms with Crippen LogP contribution in [0.3, 0.4) is 0 Å². The minimum absolute atomic E-state index is 0.0397. The van der Waals surface area contributed by atoms with Crippen LogP contribution >= 0.6 is 34.5 Å². The SMILES string of the molecule is CCCCn1c(O)c(N=Nc2nccs2)c2c(Cl)cc(Cl)cc21. The highest BCUT2D eigenvalue weighted by atomic mass is 35.5. The highest BCUT2D eigenvalue weighted by molar-refractivity contribution is 7.13. The first kappa shape index (κ1) is 16.2. The van der Waals surface area contributed by atoms with Crippen LogP contribution in [0, 0.1) is 0 Å². The van der Waals surface area contributed by atoms with Crippen LogP contribution in [0.2, 0.25) is 10.0 Å². The fourth-order valence-corrected chi connectivity index (χ4v) is 3.38. The Hall–Kier alpha value is -1.63. The number of aryl methyl sites for hydroxylation is 1. The summed E-state index contributed by atoms with van der Waals surface area (Å²) < 4.78 is 1.77. The van der Waals surface area contributed by atoms with E-state index in [1.54, 1.807) is 22.9 Å². The van der Waals surface area contributed by atoms with E-state index in [4.69, 9.17) is 23.2 Å². The van der Waals surface area contributed by atoms with Crippen LogP contribution in [-0.2, 0) is 6.54 Å². The molecule has 0 spiro atoms. The molecule has 120 valence electrons. The molecule has 0 saturated carbocycles. The first-order valence-corrected chi connectivity index (χ1v) is 8.76. The third-order valence-corrected chi connectivity index (χ3v) is 4.59. The Labute approximate surface area is 147 Å². The van der Waals surface area contributed by atoms with Gasteiger partial charge in [-0.05, 0) is 18.6 Å². The summed E-state index contributed by atoms with van der Waals surface area (Å²) in [4.78, 5) is 4.05. The molecule has 0 aliphatic heterocycles. The first-order valence-electron chi connectivity index (χ1n) is 7.13. The second kappa shape index (κ2) is 6.86. The van der Waals surface area contributed by atoms with Gasteiger partial charge in [0, 0.05) is 23.1 Å². The second-order valence-electron chi connectivity index (χ2n) is 4.97. The zero-order chi connectivity index (χ0) is 16.4. The van der Waals surface area contributed by atoms with Crippen LogP contribution in [0.1, 0.15) is 19.8 Å². The summed E-state index contributed by atoms with van der Waals surface area (Å²) in [5.74, 6) is 0.0397. The lowest BCUT2D eigenvalue weighted by atomic mass is 10.2. The second-order valence-corrected chi connectivity index (χ2v) is 6.69. The predicted octanol–water partition coefficient (Wildman–Crippen LogP) is 6.33. The Kier molecular flexibility index (Phi) is 4.84. The average Bonchev–Trinajstić information content (AvgIpc) is 3.10. The van der Waals surface area contributed by atoms with E-state index < -0.39 is 0 Å². The van der Waals surface area contributed by atoms with Crippen LogP contribution in [0.25, 0.3) is 10.9 Å². The number of unbranched alkanes of at least 4 members (excludes halogenated alkanes) is 1. The van der Waals surface area contributed by atoms with Crippen molar-refractivity contribution in [2.45, 2.75) is 26.3 Å². The van der Waals surface area contributed by atoms with Gasteiger partial charge in [0.05, 0.1) is 15.9 Å². The Morgan fingerprint density at radius 3 is 2.83 bits per heavy atom. The molecule has 0 aliphatic carbocycles. The summed E-state index contributed by atoms with van der Waals surface area (Å²) in [5, 5.41) is 22.7. The van der Waals surface area contributed by atoms with E-state index in [0.29, 0.717) is 32.8 Å². The first-order chi connectivity index (χ1) is 11.1. The third-order valence-electron chi connectivity index (χ3n) is 3.42. The summed E-state index contributed by atoms with van der Waals surface area (Å²) in [6, 6.07) is 3.41. The molecule has 3 rings (SSSR count). The molecule has 5 nitrogen and oxygen atoms in total. The lowest BCUT2D eigenvalue weighted by Crippen LogP contribution is -1.96. The van der Waals surface area contributed by atoms with E-state index in [9.17, 15) is 5.11 Å². The highest BCUT2D eigenvalue weighted by Crippen LogP contribution is 2.44. The fourth-order valence-electron chi connectivity index (χ4n) is 2.36. The third kappa shape index (κ3) is 3.20. The van der Waals surface area contributed by atoms with Crippen molar-refractivity contribution in [3.63, 3.8) is 0 Å². The molecule has 0 atom stereocenters. The van der Waals surface area contributed by atoms with Gasteiger partial charge in [0.2, 0.25) is 11.0 Å². The van der Waals surface area contributed by atoms with Gasteiger partial charge in [-0.2, -0.15) is 0 Å². The molecular formula is C15H14Cl2N4OS. The van der Waals surface area contributed by atoms with Crippen LogP contribution in [0.15, 0.2) is 33.9 Å². The van der Waals surface area contributed by atoms with Crippen LogP contribution in [0.5, 0.6) is 5.88 Å². The molecule has 0 aliphatic rings. The number of aromatic nitrogens is 2. The standard InChI is InChI=1S/C15H14Cl2N4OS/c1-2-3-5-21-11-8-9(16)7-10(17)12(11)13(14(21)22)19-20-15-18-4-6-23-15/h4,6-8,22H,2-3,5H2,1H3. The van der Waals surface area contributed by atoms with E-state index in [0.717, 1.165) is 18.4 Å². The highest BCUT2D eigenvalue weighted by Gasteiger charge is 2.19. The van der Waals surface area contributed by atoms with Crippen molar-refractivity contribution in [2.75, 3.05) is 0 Å². The van der Waals surface area contributed by atoms with Crippen LogP contribution in [-0.4, -0.2) is 14.7 Å². The minimum Gasteiger partial charge on any atom is -0.493 e. The summed E-state index contributed by atoms with van der Waals surface area (Å²) in [6.45, 7) is 2.74. The molecule has 0 amide bonds. The van der Waals surface area contributed by atoms with E-state index >= 15 is 0 Å². The van der Waals surface area contributed by atoms with E-state index in [1.807, 2.05) is 5.38 Å². The molecule has 23 heavy (non-hydrogen) atoms. The quantitative estimate of drug-likeness (QED) is 0.535. The molecular weight excluding hydrogens is 355 g/mol. The Bertz CT molecular complexity index is 858. The maximum Gasteiger partial charge on any atom is 0.229 e. The summed E-state index contributed by atoms with van der Waals surface area (Å²) in [6.07, 6.45) is 3.57. The largest absolute Gasteiger partial charge is 0.493 e. The number of halogens is 2. The van der Waals surface area contributed by atoms with Crippen molar-refractivity contribution < 1.29 is 5.11 Å². The molecule has 0 radical (unpaired) electrons. The number of fused-ring (bicyclic) bond motifs is 1. The number of nitrogens with zero attached hydrogens (tertiary/aromatic N) is 4. The minimum atomic E-state index is 0.0397. The van der Waals surface area contributed by atoms with Gasteiger partial charge in [0.25, 0.3) is 0 Å². The van der Waals surface area contributed by atoms with Gasteiger partial charge in [-0.15, -0.1) is 21.6 Å². The fraction of sp³-hybridized carbons (Fsp3) is 0.267. The van der Waals surface area contributed by atoms with Crippen molar-refractivity contribution in [2.24, 2.45) is 10.2 Å². The molecule has 8 heteroatoms. The van der Waals surface area contributed by atoms with E-state index in [2.05, 4.69) is 22.1 Å². The molecule has 0 fully saturated rings. The number of benzene rings is 1. The van der Waals surface area contributed by atoms with Crippen molar-refractivity contribution in [1.29, 1.82) is 0 Å². The van der Waals surface area contributed by atoms with Gasteiger partial charge in [0.1, 0.15) is 0 Å². The van der Waals surface area contributed by atoms with Crippen molar-refractivity contribution in [3.05, 3.63) is 33.8 Å². The smallest absolute Gasteiger partial charge is 0.229 e. The molecule has 1 N–H and O–H groups in total. The summed E-state index contributed by atoms with van der Waals surface area (Å²) in [5.41, 5.74) is 1.09. The van der Waals surface area contributed by atoms with E-state index in [1.165, 1.54) is 11.3 Å². The van der Waals surface area contributed by atoms with Gasteiger partial charge in [-0.25, -0.2) is 4.98 Å². The monoisotopic (exact) mass is 368 g/mol. The molecule has 0 saturated heterocycles. The lowest BCUT2D eigenvalue weighted by Gasteiger charge is -2.06. The van der Waals surface area contributed by atoms with Gasteiger partial charge in [-0.1, -0.05) is 36.5 Å². The summed E-state index contributed by atoms with van der Waals surface area (Å²) in [7, 11) is 0. The number of thiazole rings is 1. The zero-order valence-corrected chi connectivity index (χ0v) is 14.7.